The van der Waals surface area contributed by atoms with Crippen molar-refractivity contribution in [3.05, 3.63) is 21.9 Å². The van der Waals surface area contributed by atoms with Gasteiger partial charge in [0.25, 0.3) is 0 Å². The van der Waals surface area contributed by atoms with E-state index in [9.17, 15) is 0 Å². The van der Waals surface area contributed by atoms with Crippen LogP contribution in [-0.4, -0.2) is 11.9 Å². The van der Waals surface area contributed by atoms with E-state index in [2.05, 4.69) is 24.5 Å². The number of hydrogen-bond donors (Lipinski definition) is 2. The van der Waals surface area contributed by atoms with Crippen LogP contribution in [0.15, 0.2) is 17.1 Å². The second kappa shape index (κ2) is 6.90. The van der Waals surface area contributed by atoms with E-state index in [1.807, 2.05) is 0 Å². The highest BCUT2D eigenvalue weighted by Gasteiger charge is 2.13. The number of rotatable bonds is 3. The maximum Gasteiger partial charge on any atom is 0.153 e. The number of hydrogen-bond acceptors (Lipinski definition) is 3. The summed E-state index contributed by atoms with van der Waals surface area (Å²) in [5.74, 6) is 6.50. The Morgan fingerprint density at radius 2 is 2.06 bits per heavy atom. The Bertz CT molecular complexity index is 389. The van der Waals surface area contributed by atoms with Crippen LogP contribution in [0.1, 0.15) is 55.2 Å². The summed E-state index contributed by atoms with van der Waals surface area (Å²) in [5, 5.41) is 0. The Hall–Kier alpha value is -0.870. The first kappa shape index (κ1) is 13.6. The molecule has 1 aliphatic rings. The molecule has 18 heavy (non-hydrogen) atoms. The molecular weight excluding hydrogens is 242 g/mol. The van der Waals surface area contributed by atoms with Gasteiger partial charge in [-0.15, -0.1) is 11.3 Å². The minimum atomic E-state index is 0.450. The second-order valence-corrected chi connectivity index (χ2v) is 6.06. The van der Waals surface area contributed by atoms with Crippen LogP contribution in [-0.2, 0) is 6.42 Å². The van der Waals surface area contributed by atoms with Gasteiger partial charge in [-0.25, -0.2) is 5.84 Å². The van der Waals surface area contributed by atoms with Gasteiger partial charge < -0.3 is 5.43 Å². The quantitative estimate of drug-likeness (QED) is 0.290. The zero-order valence-electron chi connectivity index (χ0n) is 11.1. The first-order valence-corrected chi connectivity index (χ1v) is 7.78. The maximum absolute atomic E-state index is 5.64. The predicted molar refractivity (Wildman–Crippen MR) is 79.0 cm³/mol. The van der Waals surface area contributed by atoms with Crippen LogP contribution in [0.25, 0.3) is 0 Å². The van der Waals surface area contributed by atoms with Gasteiger partial charge in [-0.3, -0.25) is 4.99 Å². The monoisotopic (exact) mass is 265 g/mol. The van der Waals surface area contributed by atoms with E-state index in [1.54, 1.807) is 11.3 Å². The Labute approximate surface area is 113 Å². The van der Waals surface area contributed by atoms with Crippen LogP contribution in [0.4, 0.5) is 0 Å². The molecule has 100 valence electrons. The number of aryl methyl sites for hydroxylation is 1. The van der Waals surface area contributed by atoms with Gasteiger partial charge in [0.1, 0.15) is 0 Å². The summed E-state index contributed by atoms with van der Waals surface area (Å²) >= 11 is 1.79. The van der Waals surface area contributed by atoms with E-state index in [0.717, 1.165) is 12.3 Å². The second-order valence-electron chi connectivity index (χ2n) is 4.89. The summed E-state index contributed by atoms with van der Waals surface area (Å²) in [4.78, 5) is 7.37. The topological polar surface area (TPSA) is 50.4 Å². The Kier molecular flexibility index (Phi) is 5.20. The third-order valence-electron chi connectivity index (χ3n) is 3.52. The number of amidine groups is 1. The molecule has 3 N–H and O–H groups in total. The molecule has 0 bridgehead atoms. The molecule has 0 aromatic carbocycles. The lowest BCUT2D eigenvalue weighted by Crippen LogP contribution is -2.31. The highest BCUT2D eigenvalue weighted by atomic mass is 32.1. The predicted octanol–water partition coefficient (Wildman–Crippen LogP) is 3.24. The van der Waals surface area contributed by atoms with Gasteiger partial charge in [-0.1, -0.05) is 32.6 Å². The third kappa shape index (κ3) is 3.56. The zero-order chi connectivity index (χ0) is 12.8. The van der Waals surface area contributed by atoms with Gasteiger partial charge in [-0.2, -0.15) is 0 Å². The third-order valence-corrected chi connectivity index (χ3v) is 4.75. The van der Waals surface area contributed by atoms with Crippen molar-refractivity contribution in [3.63, 3.8) is 0 Å². The summed E-state index contributed by atoms with van der Waals surface area (Å²) in [6.45, 7) is 2.17. The molecule has 1 saturated carbocycles. The minimum Gasteiger partial charge on any atom is -0.308 e. The van der Waals surface area contributed by atoms with Gasteiger partial charge in [0.05, 0.1) is 10.9 Å². The van der Waals surface area contributed by atoms with Crippen molar-refractivity contribution in [2.24, 2.45) is 10.8 Å². The van der Waals surface area contributed by atoms with Crippen molar-refractivity contribution >= 4 is 17.2 Å². The molecule has 0 radical (unpaired) electrons. The van der Waals surface area contributed by atoms with Crippen LogP contribution in [0, 0.1) is 0 Å². The van der Waals surface area contributed by atoms with Gasteiger partial charge >= 0.3 is 0 Å². The van der Waals surface area contributed by atoms with E-state index in [1.165, 1.54) is 48.3 Å². The van der Waals surface area contributed by atoms with Crippen LogP contribution in [0.5, 0.6) is 0 Å². The lowest BCUT2D eigenvalue weighted by molar-refractivity contribution is 0.583. The highest BCUT2D eigenvalue weighted by Crippen LogP contribution is 2.22. The van der Waals surface area contributed by atoms with Gasteiger partial charge in [-0.05, 0) is 31.4 Å². The average molecular weight is 265 g/mol. The van der Waals surface area contributed by atoms with E-state index in [4.69, 9.17) is 10.8 Å². The van der Waals surface area contributed by atoms with Crippen molar-refractivity contribution in [2.75, 3.05) is 0 Å². The Morgan fingerprint density at radius 1 is 1.33 bits per heavy atom. The Morgan fingerprint density at radius 3 is 2.61 bits per heavy atom. The molecule has 0 aliphatic heterocycles. The summed E-state index contributed by atoms with van der Waals surface area (Å²) in [7, 11) is 0. The molecule has 1 fully saturated rings. The lowest BCUT2D eigenvalue weighted by Gasteiger charge is -2.11. The van der Waals surface area contributed by atoms with Crippen LogP contribution < -0.4 is 11.3 Å². The van der Waals surface area contributed by atoms with Crippen LogP contribution >= 0.6 is 11.3 Å². The maximum atomic E-state index is 5.64. The molecule has 0 unspecified atom stereocenters. The summed E-state index contributed by atoms with van der Waals surface area (Å²) in [5.41, 5.74) is 2.78. The molecule has 1 aromatic heterocycles. The molecule has 0 atom stereocenters. The molecule has 4 heteroatoms. The smallest absolute Gasteiger partial charge is 0.153 e. The van der Waals surface area contributed by atoms with Crippen molar-refractivity contribution in [3.8, 4) is 0 Å². The van der Waals surface area contributed by atoms with Crippen molar-refractivity contribution < 1.29 is 0 Å². The molecule has 1 aromatic rings. The minimum absolute atomic E-state index is 0.450. The lowest BCUT2D eigenvalue weighted by atomic mass is 10.1. The molecule has 0 saturated heterocycles. The first-order chi connectivity index (χ1) is 8.83. The molecule has 0 amide bonds. The summed E-state index contributed by atoms with van der Waals surface area (Å²) in [6.07, 6.45) is 8.81. The van der Waals surface area contributed by atoms with Crippen molar-refractivity contribution in [1.29, 1.82) is 0 Å². The standard InChI is InChI=1S/C14H23N3S/c1-2-12-9-10-13(18-12)14(17-15)16-11-7-5-3-4-6-8-11/h9-11H,2-8,15H2,1H3,(H,16,17). The van der Waals surface area contributed by atoms with Crippen LogP contribution in [0.2, 0.25) is 0 Å². The van der Waals surface area contributed by atoms with Gasteiger partial charge in [0, 0.05) is 4.88 Å². The highest BCUT2D eigenvalue weighted by molar-refractivity contribution is 7.14. The van der Waals surface area contributed by atoms with E-state index in [-0.39, 0.29) is 0 Å². The first-order valence-electron chi connectivity index (χ1n) is 6.97. The van der Waals surface area contributed by atoms with Crippen LogP contribution in [0.3, 0.4) is 0 Å². The fourth-order valence-electron chi connectivity index (χ4n) is 2.44. The van der Waals surface area contributed by atoms with Gasteiger partial charge in [0.2, 0.25) is 0 Å². The van der Waals surface area contributed by atoms with E-state index < -0.39 is 0 Å². The number of nitrogens with one attached hydrogen (secondary N) is 1. The number of nitrogens with zero attached hydrogens (tertiary/aromatic N) is 1. The molecule has 1 heterocycles. The molecule has 3 nitrogen and oxygen atoms in total. The number of nitrogens with two attached hydrogens (primary N) is 1. The van der Waals surface area contributed by atoms with E-state index in [0.29, 0.717) is 6.04 Å². The molecule has 2 rings (SSSR count). The number of thiophene rings is 1. The fraction of sp³-hybridized carbons (Fsp3) is 0.643. The average Bonchev–Trinajstić information content (AvgIpc) is 2.73. The van der Waals surface area contributed by atoms with Crippen molar-refractivity contribution in [1.82, 2.24) is 5.43 Å². The number of aliphatic imine (C=N–C) groups is 1. The summed E-state index contributed by atoms with van der Waals surface area (Å²) < 4.78 is 0. The number of hydrazine groups is 1. The normalized spacial score (nSPS) is 18.7. The molecular formula is C14H23N3S. The zero-order valence-corrected chi connectivity index (χ0v) is 11.9. The summed E-state index contributed by atoms with van der Waals surface area (Å²) in [6, 6.07) is 4.74. The largest absolute Gasteiger partial charge is 0.308 e. The van der Waals surface area contributed by atoms with Crippen molar-refractivity contribution in [2.45, 2.75) is 57.9 Å². The van der Waals surface area contributed by atoms with E-state index >= 15 is 0 Å². The molecule has 1 aliphatic carbocycles. The molecule has 0 spiro atoms. The Balaban J connectivity index is 2.10. The fourth-order valence-corrected chi connectivity index (χ4v) is 3.34. The van der Waals surface area contributed by atoms with Gasteiger partial charge in [0.15, 0.2) is 5.84 Å². The SMILES string of the molecule is CCc1ccc(C(=NC2CCCCCC2)NN)s1.